The van der Waals surface area contributed by atoms with E-state index >= 15 is 0 Å². The molecule has 1 atom stereocenters. The molecule has 10 heavy (non-hydrogen) atoms. The lowest BCUT2D eigenvalue weighted by atomic mass is 10.1. The molecular formula is C7H14NS2+. The van der Waals surface area contributed by atoms with Gasteiger partial charge in [-0.1, -0.05) is 25.3 Å². The fraction of sp³-hybridized carbons (Fsp3) is 0.857. The molecule has 3 heteroatoms. The summed E-state index contributed by atoms with van der Waals surface area (Å²) < 4.78 is 3.11. The molecule has 0 aromatic carbocycles. The van der Waals surface area contributed by atoms with Gasteiger partial charge in [0.05, 0.1) is 0 Å². The third kappa shape index (κ3) is 1.92. The lowest BCUT2D eigenvalue weighted by Gasteiger charge is -2.17. The standard InChI is InChI=1S/C7H13NS2/c1-6-4-2-3-5-8(6)7(9)10/h6H,2-5H2,1H3,(H,9,10)/p+1. The summed E-state index contributed by atoms with van der Waals surface area (Å²) in [4.78, 5) is 0. The number of rotatable bonds is 0. The molecule has 0 bridgehead atoms. The van der Waals surface area contributed by atoms with E-state index in [9.17, 15) is 0 Å². The summed E-state index contributed by atoms with van der Waals surface area (Å²) in [5.41, 5.74) is 0. The molecule has 1 nitrogen and oxygen atoms in total. The maximum absolute atomic E-state index is 4.21. The summed E-state index contributed by atoms with van der Waals surface area (Å²) >= 11 is 8.41. The summed E-state index contributed by atoms with van der Waals surface area (Å²) in [5, 5.41) is 0. The molecule has 0 spiro atoms. The fourth-order valence-electron chi connectivity index (χ4n) is 1.40. The van der Waals surface area contributed by atoms with Crippen molar-refractivity contribution in [1.29, 1.82) is 0 Å². The maximum Gasteiger partial charge on any atom is 0.264 e. The summed E-state index contributed by atoms with van der Waals surface area (Å²) in [6.07, 6.45) is 3.92. The van der Waals surface area contributed by atoms with Crippen molar-refractivity contribution in [2.24, 2.45) is 0 Å². The Labute approximate surface area is 73.3 Å². The van der Waals surface area contributed by atoms with Crippen LogP contribution >= 0.6 is 25.3 Å². The molecule has 0 aliphatic carbocycles. The van der Waals surface area contributed by atoms with Crippen LogP contribution < -0.4 is 0 Å². The highest BCUT2D eigenvalue weighted by atomic mass is 32.2. The van der Waals surface area contributed by atoms with Crippen LogP contribution in [-0.2, 0) is 0 Å². The topological polar surface area (TPSA) is 3.01 Å². The average molecular weight is 176 g/mol. The zero-order valence-electron chi connectivity index (χ0n) is 6.25. The predicted octanol–water partition coefficient (Wildman–Crippen LogP) is 1.79. The summed E-state index contributed by atoms with van der Waals surface area (Å²) in [7, 11) is 0. The zero-order valence-corrected chi connectivity index (χ0v) is 8.04. The van der Waals surface area contributed by atoms with Crippen LogP contribution in [0.2, 0.25) is 0 Å². The first-order valence-corrected chi connectivity index (χ1v) is 4.63. The lowest BCUT2D eigenvalue weighted by Crippen LogP contribution is -2.30. The van der Waals surface area contributed by atoms with Gasteiger partial charge in [0.25, 0.3) is 4.38 Å². The number of hydrogen-bond donors (Lipinski definition) is 2. The second-order valence-electron chi connectivity index (χ2n) is 2.84. The van der Waals surface area contributed by atoms with E-state index in [4.69, 9.17) is 0 Å². The lowest BCUT2D eigenvalue weighted by molar-refractivity contribution is -0.567. The van der Waals surface area contributed by atoms with E-state index in [0.717, 1.165) is 10.9 Å². The minimum Gasteiger partial charge on any atom is -0.217 e. The summed E-state index contributed by atoms with van der Waals surface area (Å²) in [5.74, 6) is 0. The maximum atomic E-state index is 4.21. The van der Waals surface area contributed by atoms with E-state index in [2.05, 4.69) is 36.8 Å². The molecule has 1 aliphatic heterocycles. The Morgan fingerprint density at radius 1 is 1.40 bits per heavy atom. The van der Waals surface area contributed by atoms with E-state index in [1.54, 1.807) is 0 Å². The first-order chi connectivity index (χ1) is 4.72. The third-order valence-electron chi connectivity index (χ3n) is 2.06. The van der Waals surface area contributed by atoms with Gasteiger partial charge in [0.15, 0.2) is 6.04 Å². The van der Waals surface area contributed by atoms with Crippen LogP contribution in [0.1, 0.15) is 26.2 Å². The fourth-order valence-corrected chi connectivity index (χ4v) is 1.99. The van der Waals surface area contributed by atoms with Crippen molar-refractivity contribution >= 4 is 29.6 Å². The first-order valence-electron chi connectivity index (χ1n) is 3.73. The van der Waals surface area contributed by atoms with E-state index in [-0.39, 0.29) is 0 Å². The van der Waals surface area contributed by atoms with Crippen molar-refractivity contribution < 1.29 is 4.58 Å². The Bertz CT molecular complexity index is 150. The monoisotopic (exact) mass is 176 g/mol. The van der Waals surface area contributed by atoms with Crippen molar-refractivity contribution in [2.75, 3.05) is 6.54 Å². The van der Waals surface area contributed by atoms with Gasteiger partial charge >= 0.3 is 0 Å². The Kier molecular flexibility index (Phi) is 3.11. The van der Waals surface area contributed by atoms with Crippen LogP contribution in [-0.4, -0.2) is 21.5 Å². The van der Waals surface area contributed by atoms with Crippen LogP contribution in [0.5, 0.6) is 0 Å². The highest BCUT2D eigenvalue weighted by Crippen LogP contribution is 2.13. The normalized spacial score (nSPS) is 26.7. The minimum absolute atomic E-state index is 0.638. The minimum atomic E-state index is 0.638. The third-order valence-corrected chi connectivity index (χ3v) is 2.57. The Balaban J connectivity index is 2.65. The van der Waals surface area contributed by atoms with Gasteiger partial charge in [0.2, 0.25) is 0 Å². The van der Waals surface area contributed by atoms with Crippen molar-refractivity contribution in [2.45, 2.75) is 32.2 Å². The largest absolute Gasteiger partial charge is 0.264 e. The Morgan fingerprint density at radius 3 is 2.50 bits per heavy atom. The average Bonchev–Trinajstić information content (AvgIpc) is 1.88. The van der Waals surface area contributed by atoms with Crippen molar-refractivity contribution in [3.63, 3.8) is 0 Å². The molecule has 1 rings (SSSR count). The number of hydrogen-bond acceptors (Lipinski definition) is 0. The predicted molar refractivity (Wildman–Crippen MR) is 51.4 cm³/mol. The summed E-state index contributed by atoms with van der Waals surface area (Å²) in [6.45, 7) is 3.36. The van der Waals surface area contributed by atoms with Crippen LogP contribution in [0.25, 0.3) is 0 Å². The molecule has 58 valence electrons. The van der Waals surface area contributed by atoms with E-state index in [0.29, 0.717) is 6.04 Å². The Hall–Kier alpha value is 0.370. The first kappa shape index (κ1) is 8.47. The van der Waals surface area contributed by atoms with Crippen molar-refractivity contribution in [1.82, 2.24) is 0 Å². The van der Waals surface area contributed by atoms with Crippen molar-refractivity contribution in [3.05, 3.63) is 0 Å². The molecule has 0 N–H and O–H groups in total. The molecule has 0 saturated carbocycles. The molecule has 1 unspecified atom stereocenters. The van der Waals surface area contributed by atoms with Crippen LogP contribution in [0.3, 0.4) is 0 Å². The van der Waals surface area contributed by atoms with Crippen LogP contribution in [0.4, 0.5) is 0 Å². The molecule has 0 aromatic heterocycles. The van der Waals surface area contributed by atoms with E-state index in [1.165, 1.54) is 19.3 Å². The van der Waals surface area contributed by atoms with Gasteiger partial charge in [0, 0.05) is 12.8 Å². The van der Waals surface area contributed by atoms with E-state index < -0.39 is 0 Å². The SMILES string of the molecule is CC1CCCC[N+]1=C(S)S. The van der Waals surface area contributed by atoms with Gasteiger partial charge < -0.3 is 0 Å². The van der Waals surface area contributed by atoms with Crippen molar-refractivity contribution in [3.8, 4) is 0 Å². The molecule has 0 radical (unpaired) electrons. The quantitative estimate of drug-likeness (QED) is 0.315. The molecule has 0 aromatic rings. The van der Waals surface area contributed by atoms with E-state index in [1.807, 2.05) is 0 Å². The van der Waals surface area contributed by atoms with Gasteiger partial charge in [-0.25, -0.2) is 4.58 Å². The van der Waals surface area contributed by atoms with Gasteiger partial charge in [-0.15, -0.1) is 0 Å². The molecule has 1 heterocycles. The smallest absolute Gasteiger partial charge is 0.217 e. The highest BCUT2D eigenvalue weighted by Gasteiger charge is 2.21. The van der Waals surface area contributed by atoms with Gasteiger partial charge in [-0.05, 0) is 13.3 Å². The second kappa shape index (κ2) is 3.67. The highest BCUT2D eigenvalue weighted by molar-refractivity contribution is 8.23. The molecule has 1 saturated heterocycles. The molecule has 1 aliphatic rings. The Morgan fingerprint density at radius 2 is 2.10 bits per heavy atom. The van der Waals surface area contributed by atoms with Crippen LogP contribution in [0, 0.1) is 0 Å². The zero-order chi connectivity index (χ0) is 7.56. The van der Waals surface area contributed by atoms with Gasteiger partial charge in [-0.3, -0.25) is 0 Å². The van der Waals surface area contributed by atoms with Crippen LogP contribution in [0.15, 0.2) is 0 Å². The molecule has 0 amide bonds. The second-order valence-corrected chi connectivity index (χ2v) is 4.04. The molecular weight excluding hydrogens is 162 g/mol. The number of piperidine rings is 1. The van der Waals surface area contributed by atoms with Gasteiger partial charge in [-0.2, -0.15) is 0 Å². The van der Waals surface area contributed by atoms with Gasteiger partial charge in [0.1, 0.15) is 6.54 Å². The number of nitrogens with zero attached hydrogens (tertiary/aromatic N) is 1. The summed E-state index contributed by atoms with van der Waals surface area (Å²) in [6, 6.07) is 0.638. The molecule has 1 fully saturated rings. The number of thiol groups is 2.